The van der Waals surface area contributed by atoms with Crippen molar-refractivity contribution in [2.75, 3.05) is 19.1 Å². The van der Waals surface area contributed by atoms with Crippen LogP contribution >= 0.6 is 11.8 Å². The summed E-state index contributed by atoms with van der Waals surface area (Å²) in [6, 6.07) is 13.3. The Balaban J connectivity index is 2.49. The highest BCUT2D eigenvalue weighted by Crippen LogP contribution is 2.24. The Hall–Kier alpha value is -3.79. The first kappa shape index (κ1) is 36.4. The molecule has 2 aromatic carbocycles. The third kappa shape index (κ3) is 12.1. The van der Waals surface area contributed by atoms with Crippen LogP contribution in [0, 0.1) is 0 Å². The highest BCUT2D eigenvalue weighted by Gasteiger charge is 2.36. The van der Waals surface area contributed by atoms with E-state index in [0.717, 1.165) is 11.1 Å². The number of nitrogens with one attached hydrogen (secondary N) is 2. The van der Waals surface area contributed by atoms with Crippen molar-refractivity contribution in [3.8, 4) is 0 Å². The van der Waals surface area contributed by atoms with E-state index in [0.29, 0.717) is 17.7 Å². The smallest absolute Gasteiger partial charge is 0.408 e. The zero-order valence-corrected chi connectivity index (χ0v) is 28.0. The maximum absolute atomic E-state index is 14.2. The molecule has 3 amide bonds. The molecule has 240 valence electrons. The largest absolute Gasteiger partial charge is 0.458 e. The van der Waals surface area contributed by atoms with Crippen LogP contribution in [-0.2, 0) is 30.3 Å². The van der Waals surface area contributed by atoms with Gasteiger partial charge < -0.3 is 25.0 Å². The number of likely N-dealkylation sites (N-methyl/N-ethyl adjacent to an activating group) is 1. The SMILES string of the molecule is C=Cc1cccc(C(C(=O)NC(Cc2ccccc2)C(=O)OC(C)(C)C)N(C)C(=O)C(CCSC)NC(=O)OC(C)(C)C)c1. The van der Waals surface area contributed by atoms with Crippen molar-refractivity contribution in [3.05, 3.63) is 77.9 Å². The number of thioether (sulfide) groups is 1. The third-order valence-electron chi connectivity index (χ3n) is 6.34. The number of nitrogens with zero attached hydrogens (tertiary/aromatic N) is 1. The summed E-state index contributed by atoms with van der Waals surface area (Å²) in [5.41, 5.74) is 0.557. The molecule has 0 saturated carbocycles. The van der Waals surface area contributed by atoms with E-state index in [2.05, 4.69) is 17.2 Å². The van der Waals surface area contributed by atoms with Crippen LogP contribution in [0.15, 0.2) is 61.2 Å². The molecular weight excluding hydrogens is 578 g/mol. The summed E-state index contributed by atoms with van der Waals surface area (Å²) in [5.74, 6) is -1.06. The van der Waals surface area contributed by atoms with E-state index in [9.17, 15) is 19.2 Å². The van der Waals surface area contributed by atoms with Gasteiger partial charge in [-0.3, -0.25) is 9.59 Å². The van der Waals surface area contributed by atoms with E-state index in [1.165, 1.54) is 23.7 Å². The Labute approximate surface area is 266 Å². The molecule has 0 aliphatic heterocycles. The maximum atomic E-state index is 14.2. The van der Waals surface area contributed by atoms with E-state index in [1.54, 1.807) is 65.8 Å². The number of carbonyl (C=O) groups excluding carboxylic acids is 4. The number of carbonyl (C=O) groups is 4. The summed E-state index contributed by atoms with van der Waals surface area (Å²) < 4.78 is 11.1. The van der Waals surface area contributed by atoms with Crippen LogP contribution in [0.2, 0.25) is 0 Å². The minimum absolute atomic E-state index is 0.190. The first-order valence-electron chi connectivity index (χ1n) is 14.6. The summed E-state index contributed by atoms with van der Waals surface area (Å²) in [7, 11) is 1.51. The summed E-state index contributed by atoms with van der Waals surface area (Å²) in [6.45, 7) is 14.3. The lowest BCUT2D eigenvalue weighted by molar-refractivity contribution is -0.159. The number of alkyl carbamates (subject to hydrolysis) is 1. The van der Waals surface area contributed by atoms with Crippen molar-refractivity contribution in [2.45, 2.75) is 83.7 Å². The molecule has 0 fully saturated rings. The van der Waals surface area contributed by atoms with E-state index >= 15 is 0 Å². The van der Waals surface area contributed by atoms with Crippen LogP contribution in [0.5, 0.6) is 0 Å². The lowest BCUT2D eigenvalue weighted by atomic mass is 9.99. The number of hydrogen-bond donors (Lipinski definition) is 2. The van der Waals surface area contributed by atoms with Gasteiger partial charge in [0.2, 0.25) is 11.8 Å². The first-order valence-corrected chi connectivity index (χ1v) is 16.0. The van der Waals surface area contributed by atoms with E-state index in [4.69, 9.17) is 9.47 Å². The standard InChI is InChI=1S/C34H47N3O6S/c1-10-23-17-14-18-25(21-23)28(37(8)30(39)26(19-20-44-9)36-32(41)43-34(5,6)7)29(38)35-27(31(40)42-33(2,3)4)22-24-15-12-11-13-16-24/h10-18,21,26-28H,1,19-20,22H2,2-9H3,(H,35,38)(H,36,41). The predicted molar refractivity (Wildman–Crippen MR) is 176 cm³/mol. The Morgan fingerprint density at radius 2 is 1.55 bits per heavy atom. The van der Waals surface area contributed by atoms with Crippen molar-refractivity contribution in [1.29, 1.82) is 0 Å². The molecule has 2 rings (SSSR count). The maximum Gasteiger partial charge on any atom is 0.408 e. The van der Waals surface area contributed by atoms with Gasteiger partial charge in [0.05, 0.1) is 0 Å². The minimum atomic E-state index is -1.14. The lowest BCUT2D eigenvalue weighted by Crippen LogP contribution is -2.54. The molecule has 3 unspecified atom stereocenters. The highest BCUT2D eigenvalue weighted by atomic mass is 32.2. The van der Waals surface area contributed by atoms with Crippen LogP contribution < -0.4 is 10.6 Å². The zero-order valence-electron chi connectivity index (χ0n) is 27.1. The van der Waals surface area contributed by atoms with Crippen molar-refractivity contribution in [1.82, 2.24) is 15.5 Å². The molecule has 10 heteroatoms. The van der Waals surface area contributed by atoms with Gasteiger partial charge in [0.15, 0.2) is 0 Å². The molecule has 2 aromatic rings. The number of esters is 1. The van der Waals surface area contributed by atoms with Crippen molar-refractivity contribution < 1.29 is 28.7 Å². The Kier molecular flexibility index (Phi) is 13.5. The first-order chi connectivity index (χ1) is 20.5. The van der Waals surface area contributed by atoms with Crippen molar-refractivity contribution >= 4 is 41.7 Å². The van der Waals surface area contributed by atoms with Crippen LogP contribution in [0.3, 0.4) is 0 Å². The molecule has 0 radical (unpaired) electrons. The minimum Gasteiger partial charge on any atom is -0.458 e. The average molecular weight is 626 g/mol. The average Bonchev–Trinajstić information content (AvgIpc) is 2.93. The van der Waals surface area contributed by atoms with Gasteiger partial charge in [-0.25, -0.2) is 9.59 Å². The molecule has 0 aliphatic rings. The monoisotopic (exact) mass is 625 g/mol. The number of hydrogen-bond acceptors (Lipinski definition) is 7. The van der Waals surface area contributed by atoms with Crippen LogP contribution in [0.1, 0.15) is 70.7 Å². The summed E-state index contributed by atoms with van der Waals surface area (Å²) in [6.07, 6.45) is 3.32. The van der Waals surface area contributed by atoms with Gasteiger partial charge in [-0.05, 0) is 82.7 Å². The van der Waals surface area contributed by atoms with Crippen LogP contribution in [0.4, 0.5) is 4.79 Å². The molecule has 0 aromatic heterocycles. The fourth-order valence-corrected chi connectivity index (χ4v) is 4.86. The Morgan fingerprint density at radius 1 is 0.909 bits per heavy atom. The molecule has 9 nitrogen and oxygen atoms in total. The van der Waals surface area contributed by atoms with Crippen molar-refractivity contribution in [3.63, 3.8) is 0 Å². The van der Waals surface area contributed by atoms with E-state index < -0.39 is 53.2 Å². The third-order valence-corrected chi connectivity index (χ3v) is 6.98. The second-order valence-electron chi connectivity index (χ2n) is 12.5. The number of rotatable bonds is 13. The van der Waals surface area contributed by atoms with Gasteiger partial charge in [0.25, 0.3) is 0 Å². The summed E-state index contributed by atoms with van der Waals surface area (Å²) >= 11 is 1.53. The van der Waals surface area contributed by atoms with E-state index in [1.807, 2.05) is 42.7 Å². The number of benzene rings is 2. The summed E-state index contributed by atoms with van der Waals surface area (Å²) in [4.78, 5) is 55.4. The molecule has 0 bridgehead atoms. The molecule has 44 heavy (non-hydrogen) atoms. The molecule has 0 spiro atoms. The van der Waals surface area contributed by atoms with Crippen molar-refractivity contribution in [2.24, 2.45) is 0 Å². The number of amides is 3. The summed E-state index contributed by atoms with van der Waals surface area (Å²) in [5, 5.41) is 5.55. The zero-order chi connectivity index (χ0) is 33.1. The molecule has 0 aliphatic carbocycles. The molecular formula is C34H47N3O6S. The van der Waals surface area contributed by atoms with Gasteiger partial charge in [0.1, 0.15) is 29.3 Å². The topological polar surface area (TPSA) is 114 Å². The molecule has 3 atom stereocenters. The van der Waals surface area contributed by atoms with Gasteiger partial charge in [0, 0.05) is 13.5 Å². The second kappa shape index (κ2) is 16.3. The Bertz CT molecular complexity index is 1290. The molecule has 0 saturated heterocycles. The normalized spacial score (nSPS) is 13.5. The van der Waals surface area contributed by atoms with E-state index in [-0.39, 0.29) is 6.42 Å². The highest BCUT2D eigenvalue weighted by molar-refractivity contribution is 7.98. The fourth-order valence-electron chi connectivity index (χ4n) is 4.39. The Morgan fingerprint density at radius 3 is 2.11 bits per heavy atom. The van der Waals surface area contributed by atoms with Gasteiger partial charge in [-0.1, -0.05) is 61.2 Å². The quantitative estimate of drug-likeness (QED) is 0.281. The van der Waals surface area contributed by atoms with Crippen LogP contribution in [-0.4, -0.2) is 71.1 Å². The van der Waals surface area contributed by atoms with Gasteiger partial charge in [-0.2, -0.15) is 11.8 Å². The predicted octanol–water partition coefficient (Wildman–Crippen LogP) is 5.54. The fraction of sp³-hybridized carbons (Fsp3) is 0.471. The lowest BCUT2D eigenvalue weighted by Gasteiger charge is -2.33. The molecule has 0 heterocycles. The van der Waals surface area contributed by atoms with Gasteiger partial charge >= 0.3 is 12.1 Å². The molecule has 2 N–H and O–H groups in total. The second-order valence-corrected chi connectivity index (χ2v) is 13.5. The number of ether oxygens (including phenoxy) is 2. The van der Waals surface area contributed by atoms with Crippen LogP contribution in [0.25, 0.3) is 6.08 Å². The van der Waals surface area contributed by atoms with Gasteiger partial charge in [-0.15, -0.1) is 0 Å².